The van der Waals surface area contributed by atoms with E-state index in [1.807, 2.05) is 0 Å². The molecule has 0 aromatic carbocycles. The fraction of sp³-hybridized carbons (Fsp3) is 0.764. The highest BCUT2D eigenvalue weighted by molar-refractivity contribution is 5.71. The Morgan fingerprint density at radius 1 is 0.269 bits per heavy atom. The van der Waals surface area contributed by atoms with Gasteiger partial charge in [-0.05, 0) is 89.9 Å². The first-order chi connectivity index (χ1) is 38.5. The van der Waals surface area contributed by atoms with Gasteiger partial charge in [0.2, 0.25) is 0 Å². The van der Waals surface area contributed by atoms with Crippen LogP contribution < -0.4 is 0 Å². The van der Waals surface area contributed by atoms with E-state index in [4.69, 9.17) is 14.2 Å². The molecule has 0 saturated carbocycles. The van der Waals surface area contributed by atoms with Gasteiger partial charge in [-0.3, -0.25) is 14.4 Å². The number of esters is 3. The highest BCUT2D eigenvalue weighted by Gasteiger charge is 2.19. The topological polar surface area (TPSA) is 78.9 Å². The van der Waals surface area contributed by atoms with E-state index in [2.05, 4.69) is 106 Å². The molecule has 0 spiro atoms. The first-order valence-electron chi connectivity index (χ1n) is 33.6. The molecule has 0 bridgehead atoms. The molecule has 1 atom stereocenters. The molecule has 0 amide bonds. The lowest BCUT2D eigenvalue weighted by Crippen LogP contribution is -2.30. The summed E-state index contributed by atoms with van der Waals surface area (Å²) in [6, 6.07) is 0. The molecular formula is C72H126O6. The second kappa shape index (κ2) is 66.1. The van der Waals surface area contributed by atoms with Crippen LogP contribution >= 0.6 is 0 Å². The SMILES string of the molecule is CC/C=C\C/C=C\C/C=C\C/C=C\C/C=C\CCCCCCCCCC(=O)OCC(COC(=O)CCCCCCC/C=C\C/C=C\CCCC)OC(=O)CCCCCCCCCCCCCCCCCCCCCCCCC. The Hall–Kier alpha value is -3.41. The Morgan fingerprint density at radius 2 is 0.513 bits per heavy atom. The zero-order valence-corrected chi connectivity index (χ0v) is 51.7. The number of rotatable bonds is 61. The molecule has 450 valence electrons. The molecule has 0 aromatic heterocycles. The van der Waals surface area contributed by atoms with E-state index in [9.17, 15) is 14.4 Å². The van der Waals surface area contributed by atoms with Crippen molar-refractivity contribution in [1.29, 1.82) is 0 Å². The van der Waals surface area contributed by atoms with Gasteiger partial charge in [0.05, 0.1) is 0 Å². The first kappa shape index (κ1) is 74.6. The Kier molecular flexibility index (Phi) is 63.2. The molecule has 0 heterocycles. The van der Waals surface area contributed by atoms with Crippen molar-refractivity contribution in [2.75, 3.05) is 13.2 Å². The van der Waals surface area contributed by atoms with Crippen LogP contribution in [0.4, 0.5) is 0 Å². The Bertz CT molecular complexity index is 1480. The van der Waals surface area contributed by atoms with E-state index in [0.717, 1.165) is 116 Å². The van der Waals surface area contributed by atoms with Crippen molar-refractivity contribution in [1.82, 2.24) is 0 Å². The van der Waals surface area contributed by atoms with Crippen LogP contribution in [0.3, 0.4) is 0 Å². The van der Waals surface area contributed by atoms with Gasteiger partial charge in [0.1, 0.15) is 13.2 Å². The van der Waals surface area contributed by atoms with Crippen LogP contribution in [0.15, 0.2) is 85.1 Å². The standard InChI is InChI=1S/C72H126O6/c1-4-7-10-13-16-19-22-25-28-30-32-34-36-38-40-42-44-47-50-53-56-59-62-65-71(74)77-68-69(67-76-70(73)64-61-58-55-52-49-46-27-24-21-18-15-12-9-6-3)78-72(75)66-63-60-57-54-51-48-45-43-41-39-37-35-33-31-29-26-23-20-17-14-11-8-5-2/h7,10,15-16,18-19,24-25,27-28,32,34,38,40,69H,4-6,8-9,11-14,17,20-23,26,29-31,33,35-37,39,41-68H2,1-3H3/b10-7-,18-15-,19-16-,27-24-,28-25-,34-32-,40-38-. The summed E-state index contributed by atoms with van der Waals surface area (Å²) in [5.74, 6) is -0.892. The number of carbonyl (C=O) groups is 3. The number of hydrogen-bond donors (Lipinski definition) is 0. The number of hydrogen-bond acceptors (Lipinski definition) is 6. The van der Waals surface area contributed by atoms with Crippen LogP contribution in [0.25, 0.3) is 0 Å². The van der Waals surface area contributed by atoms with Gasteiger partial charge in [-0.2, -0.15) is 0 Å². The van der Waals surface area contributed by atoms with Gasteiger partial charge < -0.3 is 14.2 Å². The largest absolute Gasteiger partial charge is 0.462 e. The van der Waals surface area contributed by atoms with Crippen LogP contribution in [0.2, 0.25) is 0 Å². The van der Waals surface area contributed by atoms with Crippen LogP contribution in [0, 0.1) is 0 Å². The summed E-state index contributed by atoms with van der Waals surface area (Å²) in [6.07, 6.45) is 87.4. The number of carbonyl (C=O) groups excluding carboxylic acids is 3. The fourth-order valence-corrected chi connectivity index (χ4v) is 9.61. The van der Waals surface area contributed by atoms with Crippen molar-refractivity contribution < 1.29 is 28.6 Å². The summed E-state index contributed by atoms with van der Waals surface area (Å²) in [4.78, 5) is 38.4. The van der Waals surface area contributed by atoms with Gasteiger partial charge in [0, 0.05) is 19.3 Å². The summed E-state index contributed by atoms with van der Waals surface area (Å²) < 4.78 is 16.9. The maximum atomic E-state index is 12.9. The maximum Gasteiger partial charge on any atom is 0.306 e. The van der Waals surface area contributed by atoms with Gasteiger partial charge in [-0.15, -0.1) is 0 Å². The number of allylic oxidation sites excluding steroid dienone is 14. The molecule has 0 aromatic rings. The van der Waals surface area contributed by atoms with Gasteiger partial charge in [0.25, 0.3) is 0 Å². The summed E-state index contributed by atoms with van der Waals surface area (Å²) in [6.45, 7) is 6.51. The predicted octanol–water partition coefficient (Wildman–Crippen LogP) is 23.1. The molecule has 0 aliphatic rings. The molecule has 78 heavy (non-hydrogen) atoms. The predicted molar refractivity (Wildman–Crippen MR) is 339 cm³/mol. The van der Waals surface area contributed by atoms with E-state index < -0.39 is 6.10 Å². The summed E-state index contributed by atoms with van der Waals surface area (Å²) >= 11 is 0. The lowest BCUT2D eigenvalue weighted by Gasteiger charge is -2.18. The highest BCUT2D eigenvalue weighted by Crippen LogP contribution is 2.17. The molecule has 1 unspecified atom stereocenters. The second-order valence-corrected chi connectivity index (χ2v) is 22.4. The Morgan fingerprint density at radius 3 is 0.821 bits per heavy atom. The van der Waals surface area contributed by atoms with Crippen molar-refractivity contribution in [2.24, 2.45) is 0 Å². The minimum absolute atomic E-state index is 0.0846. The lowest BCUT2D eigenvalue weighted by atomic mass is 10.0. The van der Waals surface area contributed by atoms with Gasteiger partial charge in [-0.1, -0.05) is 311 Å². The van der Waals surface area contributed by atoms with E-state index in [0.29, 0.717) is 19.3 Å². The highest BCUT2D eigenvalue weighted by atomic mass is 16.6. The average molecular weight is 1090 g/mol. The fourth-order valence-electron chi connectivity index (χ4n) is 9.61. The molecule has 0 aliphatic heterocycles. The van der Waals surface area contributed by atoms with Gasteiger partial charge in [0.15, 0.2) is 6.10 Å². The van der Waals surface area contributed by atoms with Crippen molar-refractivity contribution in [3.05, 3.63) is 85.1 Å². The first-order valence-corrected chi connectivity index (χ1v) is 33.6. The summed E-state index contributed by atoms with van der Waals surface area (Å²) in [7, 11) is 0. The normalized spacial score (nSPS) is 12.6. The van der Waals surface area contributed by atoms with Crippen LogP contribution in [0.1, 0.15) is 335 Å². The Balaban J connectivity index is 4.34. The molecule has 6 heteroatoms. The van der Waals surface area contributed by atoms with Gasteiger partial charge in [-0.25, -0.2) is 0 Å². The smallest absolute Gasteiger partial charge is 0.306 e. The van der Waals surface area contributed by atoms with Crippen molar-refractivity contribution in [3.63, 3.8) is 0 Å². The quantitative estimate of drug-likeness (QED) is 0.0261. The average Bonchev–Trinajstić information content (AvgIpc) is 3.44. The van der Waals surface area contributed by atoms with Gasteiger partial charge >= 0.3 is 17.9 Å². The van der Waals surface area contributed by atoms with Crippen LogP contribution in [0.5, 0.6) is 0 Å². The molecule has 0 fully saturated rings. The maximum absolute atomic E-state index is 12.9. The third-order valence-corrected chi connectivity index (χ3v) is 14.6. The van der Waals surface area contributed by atoms with Crippen molar-refractivity contribution >= 4 is 17.9 Å². The number of ether oxygens (including phenoxy) is 3. The lowest BCUT2D eigenvalue weighted by molar-refractivity contribution is -0.167. The molecule has 0 N–H and O–H groups in total. The third-order valence-electron chi connectivity index (χ3n) is 14.6. The molecule has 6 nitrogen and oxygen atoms in total. The zero-order valence-electron chi connectivity index (χ0n) is 51.7. The van der Waals surface area contributed by atoms with Crippen LogP contribution in [-0.4, -0.2) is 37.2 Å². The monoisotopic (exact) mass is 1090 g/mol. The molecule has 0 aliphatic carbocycles. The van der Waals surface area contributed by atoms with Crippen molar-refractivity contribution in [3.8, 4) is 0 Å². The second-order valence-electron chi connectivity index (χ2n) is 22.4. The van der Waals surface area contributed by atoms with E-state index in [1.165, 1.54) is 180 Å². The van der Waals surface area contributed by atoms with E-state index in [-0.39, 0.29) is 31.1 Å². The minimum atomic E-state index is -0.788. The van der Waals surface area contributed by atoms with Crippen molar-refractivity contribution in [2.45, 2.75) is 341 Å². The summed E-state index contributed by atoms with van der Waals surface area (Å²) in [5, 5.41) is 0. The third kappa shape index (κ3) is 63.4. The van der Waals surface area contributed by atoms with Crippen LogP contribution in [-0.2, 0) is 28.6 Å². The molecule has 0 radical (unpaired) electrons. The number of unbranched alkanes of at least 4 members (excludes halogenated alkanes) is 36. The molecule has 0 rings (SSSR count). The Labute approximate surface area is 484 Å². The molecular weight excluding hydrogens is 961 g/mol. The van der Waals surface area contributed by atoms with E-state index >= 15 is 0 Å². The van der Waals surface area contributed by atoms with E-state index in [1.54, 1.807) is 0 Å². The summed E-state index contributed by atoms with van der Waals surface area (Å²) in [5.41, 5.74) is 0. The minimum Gasteiger partial charge on any atom is -0.462 e. The zero-order chi connectivity index (χ0) is 56.4. The molecule has 0 saturated heterocycles.